The predicted molar refractivity (Wildman–Crippen MR) is 47.8 cm³/mol. The lowest BCUT2D eigenvalue weighted by Crippen LogP contribution is -2.29. The summed E-state index contributed by atoms with van der Waals surface area (Å²) < 4.78 is 4.49. The summed E-state index contributed by atoms with van der Waals surface area (Å²) in [4.78, 5) is 10.5. The fraction of sp³-hybridized carbons (Fsp3) is 0.571. The van der Waals surface area contributed by atoms with Gasteiger partial charge in [-0.2, -0.15) is 0 Å². The molecule has 0 bridgehead atoms. The first-order valence-corrected chi connectivity index (χ1v) is 4.17. The Bertz CT molecular complexity index is 138. The van der Waals surface area contributed by atoms with Crippen LogP contribution in [-0.2, 0) is 9.53 Å². The molecule has 0 rings (SSSR count). The minimum Gasteiger partial charge on any atom is -0.468 e. The van der Waals surface area contributed by atoms with Crippen molar-refractivity contribution in [2.75, 3.05) is 20.2 Å². The number of carbonyl (C=O) groups is 1. The van der Waals surface area contributed by atoms with Gasteiger partial charge in [0.25, 0.3) is 0 Å². The standard InChI is InChI=1S/C7H12BrNO2/c1-3-4-9-5-6(8)7(10)11-2/h3,6,9H,1,4-5H2,2H3. The molecule has 0 aliphatic heterocycles. The highest BCUT2D eigenvalue weighted by Gasteiger charge is 2.13. The van der Waals surface area contributed by atoms with Crippen LogP contribution in [0.2, 0.25) is 0 Å². The van der Waals surface area contributed by atoms with E-state index in [1.807, 2.05) is 0 Å². The second kappa shape index (κ2) is 6.37. The largest absolute Gasteiger partial charge is 0.468 e. The molecule has 0 aliphatic rings. The van der Waals surface area contributed by atoms with Crippen molar-refractivity contribution in [3.8, 4) is 0 Å². The molecule has 1 atom stereocenters. The Kier molecular flexibility index (Phi) is 6.16. The van der Waals surface area contributed by atoms with Gasteiger partial charge in [-0.25, -0.2) is 0 Å². The smallest absolute Gasteiger partial charge is 0.320 e. The van der Waals surface area contributed by atoms with Gasteiger partial charge in [0, 0.05) is 13.1 Å². The van der Waals surface area contributed by atoms with Gasteiger partial charge in [-0.15, -0.1) is 6.58 Å². The average molecular weight is 222 g/mol. The van der Waals surface area contributed by atoms with Gasteiger partial charge in [0.2, 0.25) is 0 Å². The maximum Gasteiger partial charge on any atom is 0.320 e. The van der Waals surface area contributed by atoms with Crippen molar-refractivity contribution in [3.63, 3.8) is 0 Å². The van der Waals surface area contributed by atoms with Crippen LogP contribution in [-0.4, -0.2) is 31.0 Å². The summed E-state index contributed by atoms with van der Waals surface area (Å²) in [6, 6.07) is 0. The number of halogens is 1. The Morgan fingerprint density at radius 2 is 2.55 bits per heavy atom. The summed E-state index contributed by atoms with van der Waals surface area (Å²) in [5, 5.41) is 2.98. The van der Waals surface area contributed by atoms with Gasteiger partial charge < -0.3 is 10.1 Å². The third-order valence-corrected chi connectivity index (χ3v) is 1.77. The van der Waals surface area contributed by atoms with Crippen molar-refractivity contribution in [1.29, 1.82) is 0 Å². The van der Waals surface area contributed by atoms with E-state index in [0.29, 0.717) is 13.1 Å². The maximum atomic E-state index is 10.8. The van der Waals surface area contributed by atoms with Crippen molar-refractivity contribution in [1.82, 2.24) is 5.32 Å². The zero-order valence-corrected chi connectivity index (χ0v) is 8.06. The van der Waals surface area contributed by atoms with Gasteiger partial charge in [0.05, 0.1) is 7.11 Å². The van der Waals surface area contributed by atoms with Crippen LogP contribution in [0, 0.1) is 0 Å². The van der Waals surface area contributed by atoms with Crippen LogP contribution in [0.25, 0.3) is 0 Å². The molecular formula is C7H12BrNO2. The molecule has 0 aromatic rings. The van der Waals surface area contributed by atoms with E-state index in [-0.39, 0.29) is 10.8 Å². The van der Waals surface area contributed by atoms with Gasteiger partial charge in [-0.3, -0.25) is 4.79 Å². The highest BCUT2D eigenvalue weighted by molar-refractivity contribution is 9.10. The van der Waals surface area contributed by atoms with E-state index >= 15 is 0 Å². The van der Waals surface area contributed by atoms with Gasteiger partial charge in [-0.1, -0.05) is 22.0 Å². The highest BCUT2D eigenvalue weighted by atomic mass is 79.9. The predicted octanol–water partition coefficient (Wildman–Crippen LogP) is 0.698. The normalized spacial score (nSPS) is 12.2. The number of methoxy groups -OCH3 is 1. The summed E-state index contributed by atoms with van der Waals surface area (Å²) in [6.07, 6.45) is 1.73. The van der Waals surface area contributed by atoms with E-state index in [9.17, 15) is 4.79 Å². The number of esters is 1. The molecule has 3 nitrogen and oxygen atoms in total. The molecule has 0 heterocycles. The molecule has 11 heavy (non-hydrogen) atoms. The van der Waals surface area contributed by atoms with E-state index in [1.54, 1.807) is 6.08 Å². The summed E-state index contributed by atoms with van der Waals surface area (Å²) >= 11 is 3.16. The Balaban J connectivity index is 3.43. The third-order valence-electron chi connectivity index (χ3n) is 1.07. The van der Waals surface area contributed by atoms with Crippen molar-refractivity contribution >= 4 is 21.9 Å². The highest BCUT2D eigenvalue weighted by Crippen LogP contribution is 1.99. The molecule has 0 spiro atoms. The second-order valence-electron chi connectivity index (χ2n) is 1.94. The van der Waals surface area contributed by atoms with Crippen molar-refractivity contribution in [3.05, 3.63) is 12.7 Å². The van der Waals surface area contributed by atoms with Crippen LogP contribution in [0.1, 0.15) is 0 Å². The lowest BCUT2D eigenvalue weighted by Gasteiger charge is -2.06. The van der Waals surface area contributed by atoms with Crippen molar-refractivity contribution < 1.29 is 9.53 Å². The molecule has 1 unspecified atom stereocenters. The van der Waals surface area contributed by atoms with Crippen molar-refractivity contribution in [2.45, 2.75) is 4.83 Å². The average Bonchev–Trinajstić information content (AvgIpc) is 2.03. The van der Waals surface area contributed by atoms with Gasteiger partial charge >= 0.3 is 5.97 Å². The first kappa shape index (κ1) is 10.7. The summed E-state index contributed by atoms with van der Waals surface area (Å²) in [5.41, 5.74) is 0. The Labute approximate surface area is 74.9 Å². The lowest BCUT2D eigenvalue weighted by molar-refractivity contribution is -0.139. The van der Waals surface area contributed by atoms with Gasteiger partial charge in [0.1, 0.15) is 4.83 Å². The Hall–Kier alpha value is -0.350. The first-order valence-electron chi connectivity index (χ1n) is 3.26. The second-order valence-corrected chi connectivity index (χ2v) is 3.04. The lowest BCUT2D eigenvalue weighted by atomic mass is 10.4. The quantitative estimate of drug-likeness (QED) is 0.322. The summed E-state index contributed by atoms with van der Waals surface area (Å²) in [6.45, 7) is 4.78. The number of rotatable bonds is 5. The molecule has 1 N–H and O–H groups in total. The Morgan fingerprint density at radius 1 is 1.91 bits per heavy atom. The first-order chi connectivity index (χ1) is 5.22. The maximum absolute atomic E-state index is 10.8. The van der Waals surface area contributed by atoms with Gasteiger partial charge in [-0.05, 0) is 0 Å². The van der Waals surface area contributed by atoms with Crippen LogP contribution in [0.5, 0.6) is 0 Å². The summed E-state index contributed by atoms with van der Waals surface area (Å²) in [7, 11) is 1.37. The number of ether oxygens (including phenoxy) is 1. The number of hydrogen-bond donors (Lipinski definition) is 1. The van der Waals surface area contributed by atoms with E-state index in [0.717, 1.165) is 0 Å². The molecule has 0 aromatic heterocycles. The summed E-state index contributed by atoms with van der Waals surface area (Å²) in [5.74, 6) is -0.262. The molecule has 0 saturated carbocycles. The molecular weight excluding hydrogens is 210 g/mol. The molecule has 0 radical (unpaired) electrons. The number of nitrogens with one attached hydrogen (secondary N) is 1. The van der Waals surface area contributed by atoms with Crippen LogP contribution in [0.4, 0.5) is 0 Å². The minimum atomic E-state index is -0.271. The van der Waals surface area contributed by atoms with E-state index in [4.69, 9.17) is 0 Å². The van der Waals surface area contributed by atoms with E-state index in [1.165, 1.54) is 7.11 Å². The monoisotopic (exact) mass is 221 g/mol. The topological polar surface area (TPSA) is 38.3 Å². The number of alkyl halides is 1. The van der Waals surface area contributed by atoms with Crippen LogP contribution in [0.15, 0.2) is 12.7 Å². The number of carbonyl (C=O) groups excluding carboxylic acids is 1. The van der Waals surface area contributed by atoms with E-state index < -0.39 is 0 Å². The van der Waals surface area contributed by atoms with Crippen LogP contribution < -0.4 is 5.32 Å². The van der Waals surface area contributed by atoms with Gasteiger partial charge in [0.15, 0.2) is 0 Å². The zero-order chi connectivity index (χ0) is 8.69. The van der Waals surface area contributed by atoms with Crippen molar-refractivity contribution in [2.24, 2.45) is 0 Å². The SMILES string of the molecule is C=CCNCC(Br)C(=O)OC. The fourth-order valence-corrected chi connectivity index (χ4v) is 0.939. The zero-order valence-electron chi connectivity index (χ0n) is 6.47. The fourth-order valence-electron chi connectivity index (χ4n) is 0.523. The number of hydrogen-bond acceptors (Lipinski definition) is 3. The Morgan fingerprint density at radius 3 is 3.00 bits per heavy atom. The van der Waals surface area contributed by atoms with Crippen LogP contribution in [0.3, 0.4) is 0 Å². The molecule has 0 aromatic carbocycles. The molecule has 64 valence electrons. The van der Waals surface area contributed by atoms with Crippen LogP contribution >= 0.6 is 15.9 Å². The van der Waals surface area contributed by atoms with E-state index in [2.05, 4.69) is 32.6 Å². The molecule has 0 aliphatic carbocycles. The molecule has 0 amide bonds. The third kappa shape index (κ3) is 4.98. The molecule has 4 heteroatoms. The molecule has 0 saturated heterocycles. The molecule has 0 fully saturated rings. The minimum absolute atomic E-state index is 0.262.